The number of hydrogen-bond acceptors (Lipinski definition) is 5. The number of pyridine rings is 1. The second-order valence-electron chi connectivity index (χ2n) is 5.98. The van der Waals surface area contributed by atoms with Gasteiger partial charge in [0.05, 0.1) is 11.6 Å². The third-order valence-electron chi connectivity index (χ3n) is 4.43. The average Bonchev–Trinajstić information content (AvgIpc) is 3.06. The van der Waals surface area contributed by atoms with Crippen LogP contribution in [0.15, 0.2) is 42.5 Å². The minimum Gasteiger partial charge on any atom is -0.481 e. The lowest BCUT2D eigenvalue weighted by Crippen LogP contribution is -2.36. The predicted octanol–water partition coefficient (Wildman–Crippen LogP) is 3.66. The Morgan fingerprint density at radius 1 is 1.08 bits per heavy atom. The topological polar surface area (TPSA) is 66.3 Å². The summed E-state index contributed by atoms with van der Waals surface area (Å²) in [6, 6.07) is 14.1. The van der Waals surface area contributed by atoms with E-state index in [1.807, 2.05) is 42.5 Å². The van der Waals surface area contributed by atoms with Crippen LogP contribution in [0.2, 0.25) is 0 Å². The number of piperidine rings is 1. The van der Waals surface area contributed by atoms with Gasteiger partial charge in [-0.3, -0.25) is 4.79 Å². The smallest absolute Gasteiger partial charge is 0.306 e. The number of hydrogen-bond donors (Lipinski definition) is 1. The van der Waals surface area contributed by atoms with Gasteiger partial charge in [-0.15, -0.1) is 0 Å². The van der Waals surface area contributed by atoms with E-state index < -0.39 is 5.97 Å². The van der Waals surface area contributed by atoms with Crippen molar-refractivity contribution in [2.24, 2.45) is 5.92 Å². The van der Waals surface area contributed by atoms with Crippen LogP contribution in [-0.2, 0) is 4.79 Å². The van der Waals surface area contributed by atoms with Gasteiger partial charge < -0.3 is 10.0 Å². The first kappa shape index (κ1) is 15.1. The van der Waals surface area contributed by atoms with E-state index in [2.05, 4.69) is 9.88 Å². The fourth-order valence-corrected chi connectivity index (χ4v) is 4.02. The Morgan fingerprint density at radius 2 is 1.83 bits per heavy atom. The lowest BCUT2D eigenvalue weighted by molar-refractivity contribution is -0.142. The Kier molecular flexibility index (Phi) is 3.90. The Hall–Kier alpha value is -2.47. The average molecular weight is 339 g/mol. The van der Waals surface area contributed by atoms with E-state index in [9.17, 15) is 4.79 Å². The minimum absolute atomic E-state index is 0.224. The van der Waals surface area contributed by atoms with Gasteiger partial charge in [-0.25, -0.2) is 9.97 Å². The first-order chi connectivity index (χ1) is 11.7. The zero-order valence-corrected chi connectivity index (χ0v) is 13.9. The number of rotatable bonds is 3. The maximum atomic E-state index is 11.1. The summed E-state index contributed by atoms with van der Waals surface area (Å²) >= 11 is 1.58. The SMILES string of the molecule is O=C(O)C1CCN(c2nc3ccc(-c4ccccc4)nc3s2)CC1. The zero-order valence-electron chi connectivity index (χ0n) is 13.1. The molecule has 3 heterocycles. The van der Waals surface area contributed by atoms with Crippen molar-refractivity contribution >= 4 is 32.8 Å². The number of benzene rings is 1. The molecule has 1 aliphatic heterocycles. The fraction of sp³-hybridized carbons (Fsp3) is 0.278. The van der Waals surface area contributed by atoms with Gasteiger partial charge in [0.1, 0.15) is 10.3 Å². The minimum atomic E-state index is -0.687. The molecule has 1 N–H and O–H groups in total. The molecule has 0 saturated carbocycles. The highest BCUT2D eigenvalue weighted by Crippen LogP contribution is 2.32. The number of nitrogens with zero attached hydrogens (tertiary/aromatic N) is 3. The highest BCUT2D eigenvalue weighted by Gasteiger charge is 2.26. The van der Waals surface area contributed by atoms with Crippen molar-refractivity contribution in [1.29, 1.82) is 0 Å². The number of anilines is 1. The summed E-state index contributed by atoms with van der Waals surface area (Å²) in [5, 5.41) is 10.0. The molecular formula is C18H17N3O2S. The third kappa shape index (κ3) is 2.85. The molecule has 0 unspecified atom stereocenters. The van der Waals surface area contributed by atoms with E-state index in [-0.39, 0.29) is 5.92 Å². The highest BCUT2D eigenvalue weighted by atomic mass is 32.1. The molecule has 2 aromatic heterocycles. The molecule has 122 valence electrons. The molecule has 0 atom stereocenters. The zero-order chi connectivity index (χ0) is 16.5. The van der Waals surface area contributed by atoms with E-state index in [1.165, 1.54) is 0 Å². The first-order valence-electron chi connectivity index (χ1n) is 8.01. The van der Waals surface area contributed by atoms with E-state index in [1.54, 1.807) is 11.3 Å². The van der Waals surface area contributed by atoms with Crippen LogP contribution in [0.3, 0.4) is 0 Å². The van der Waals surface area contributed by atoms with Gasteiger partial charge in [-0.2, -0.15) is 0 Å². The second kappa shape index (κ2) is 6.20. The van der Waals surface area contributed by atoms with Crippen molar-refractivity contribution in [3.8, 4) is 11.3 Å². The number of fused-ring (bicyclic) bond motifs is 1. The van der Waals surface area contributed by atoms with Gasteiger partial charge in [0, 0.05) is 18.7 Å². The largest absolute Gasteiger partial charge is 0.481 e. The molecule has 4 rings (SSSR count). The summed E-state index contributed by atoms with van der Waals surface area (Å²) in [5.74, 6) is -0.911. The number of carboxylic acids is 1. The summed E-state index contributed by atoms with van der Waals surface area (Å²) in [6.45, 7) is 1.48. The molecule has 1 aliphatic rings. The van der Waals surface area contributed by atoms with Crippen LogP contribution < -0.4 is 4.90 Å². The summed E-state index contributed by atoms with van der Waals surface area (Å²) < 4.78 is 0. The molecule has 5 nitrogen and oxygen atoms in total. The molecule has 0 bridgehead atoms. The van der Waals surface area contributed by atoms with Gasteiger partial charge in [0.2, 0.25) is 0 Å². The molecule has 0 spiro atoms. The van der Waals surface area contributed by atoms with Crippen LogP contribution in [0.5, 0.6) is 0 Å². The van der Waals surface area contributed by atoms with Crippen LogP contribution in [0.1, 0.15) is 12.8 Å². The van der Waals surface area contributed by atoms with Gasteiger partial charge in [0.25, 0.3) is 0 Å². The summed E-state index contributed by atoms with van der Waals surface area (Å²) in [6.07, 6.45) is 1.35. The quantitative estimate of drug-likeness (QED) is 0.789. The standard InChI is InChI=1S/C18H17N3O2S/c22-17(23)13-8-10-21(11-9-13)18-20-15-7-6-14(19-16(15)24-18)12-4-2-1-3-5-12/h1-7,13H,8-11H2,(H,22,23). The number of aliphatic carboxylic acids is 1. The molecule has 1 aromatic carbocycles. The summed E-state index contributed by atoms with van der Waals surface area (Å²) in [5.41, 5.74) is 2.94. The van der Waals surface area contributed by atoms with Crippen LogP contribution in [0, 0.1) is 5.92 Å². The Balaban J connectivity index is 1.59. The van der Waals surface area contributed by atoms with Gasteiger partial charge >= 0.3 is 5.97 Å². The van der Waals surface area contributed by atoms with Crippen molar-refractivity contribution in [1.82, 2.24) is 9.97 Å². The molecule has 0 radical (unpaired) electrons. The van der Waals surface area contributed by atoms with E-state index >= 15 is 0 Å². The van der Waals surface area contributed by atoms with Crippen molar-refractivity contribution in [2.45, 2.75) is 12.8 Å². The monoisotopic (exact) mass is 339 g/mol. The lowest BCUT2D eigenvalue weighted by atomic mass is 9.98. The number of carboxylic acid groups (broad SMARTS) is 1. The normalized spacial score (nSPS) is 15.8. The molecule has 1 saturated heterocycles. The molecule has 0 aliphatic carbocycles. The molecular weight excluding hydrogens is 322 g/mol. The number of carbonyl (C=O) groups is 1. The number of thiazole rings is 1. The van der Waals surface area contributed by atoms with Crippen molar-refractivity contribution in [3.05, 3.63) is 42.5 Å². The first-order valence-corrected chi connectivity index (χ1v) is 8.83. The predicted molar refractivity (Wildman–Crippen MR) is 95.4 cm³/mol. The van der Waals surface area contributed by atoms with E-state index in [0.29, 0.717) is 12.8 Å². The maximum Gasteiger partial charge on any atom is 0.306 e. The molecule has 0 amide bonds. The Bertz CT molecular complexity index is 870. The second-order valence-corrected chi connectivity index (χ2v) is 6.94. The molecule has 1 fully saturated rings. The number of aromatic nitrogens is 2. The van der Waals surface area contributed by atoms with Crippen molar-refractivity contribution < 1.29 is 9.90 Å². The van der Waals surface area contributed by atoms with Crippen LogP contribution >= 0.6 is 11.3 Å². The van der Waals surface area contributed by atoms with Gasteiger partial charge in [-0.1, -0.05) is 41.7 Å². The Morgan fingerprint density at radius 3 is 2.54 bits per heavy atom. The molecule has 6 heteroatoms. The van der Waals surface area contributed by atoms with Gasteiger partial charge in [-0.05, 0) is 25.0 Å². The third-order valence-corrected chi connectivity index (χ3v) is 5.45. The highest BCUT2D eigenvalue weighted by molar-refractivity contribution is 7.21. The maximum absolute atomic E-state index is 11.1. The lowest BCUT2D eigenvalue weighted by Gasteiger charge is -2.29. The van der Waals surface area contributed by atoms with Gasteiger partial charge in [0.15, 0.2) is 5.13 Å². The van der Waals surface area contributed by atoms with Crippen molar-refractivity contribution in [3.63, 3.8) is 0 Å². The van der Waals surface area contributed by atoms with Crippen LogP contribution in [-0.4, -0.2) is 34.1 Å². The molecule has 24 heavy (non-hydrogen) atoms. The fourth-order valence-electron chi connectivity index (χ4n) is 3.03. The Labute approximate surface area is 143 Å². The summed E-state index contributed by atoms with van der Waals surface area (Å²) in [7, 11) is 0. The van der Waals surface area contributed by atoms with Crippen molar-refractivity contribution in [2.75, 3.05) is 18.0 Å². The summed E-state index contributed by atoms with van der Waals surface area (Å²) in [4.78, 5) is 23.6. The molecule has 3 aromatic rings. The van der Waals surface area contributed by atoms with E-state index in [0.717, 1.165) is 39.8 Å². The van der Waals surface area contributed by atoms with Crippen LogP contribution in [0.4, 0.5) is 5.13 Å². The van der Waals surface area contributed by atoms with Crippen LogP contribution in [0.25, 0.3) is 21.6 Å². The van der Waals surface area contributed by atoms with E-state index in [4.69, 9.17) is 10.1 Å².